The monoisotopic (exact) mass is 436 g/mol. The Kier molecular flexibility index (Phi) is 9.28. The number of rotatable bonds is 11. The Morgan fingerprint density at radius 2 is 1.91 bits per heavy atom. The van der Waals surface area contributed by atoms with Gasteiger partial charge in [-0.15, -0.1) is 0 Å². The molecule has 2 aromatic rings. The van der Waals surface area contributed by atoms with E-state index in [1.807, 2.05) is 25.1 Å². The van der Waals surface area contributed by atoms with Crippen molar-refractivity contribution in [3.63, 3.8) is 0 Å². The number of aryl methyl sites for hydroxylation is 1. The Morgan fingerprint density at radius 3 is 2.53 bits per heavy atom. The molecule has 0 aliphatic carbocycles. The number of hydrogen-bond donors (Lipinski definition) is 0. The summed E-state index contributed by atoms with van der Waals surface area (Å²) in [5.74, 6) is 0.663. The highest BCUT2D eigenvalue weighted by Crippen LogP contribution is 2.37. The molecule has 0 heterocycles. The summed E-state index contributed by atoms with van der Waals surface area (Å²) in [6.45, 7) is 8.03. The minimum Gasteiger partial charge on any atom is -0.496 e. The average Bonchev–Trinajstić information content (AvgIpc) is 2.80. The summed E-state index contributed by atoms with van der Waals surface area (Å²) in [5.41, 5.74) is 3.12. The average molecular weight is 437 g/mol. The van der Waals surface area contributed by atoms with Crippen LogP contribution in [0, 0.1) is 24.2 Å². The summed E-state index contributed by atoms with van der Waals surface area (Å²) >= 11 is 0. The summed E-state index contributed by atoms with van der Waals surface area (Å²) < 4.78 is 10.3. The number of benzene rings is 2. The third kappa shape index (κ3) is 6.11. The van der Waals surface area contributed by atoms with Gasteiger partial charge in [0, 0.05) is 6.54 Å². The first-order valence-corrected chi connectivity index (χ1v) is 11.2. The van der Waals surface area contributed by atoms with E-state index in [1.54, 1.807) is 13.2 Å². The largest absolute Gasteiger partial charge is 0.496 e. The van der Waals surface area contributed by atoms with Gasteiger partial charge in [0.25, 0.3) is 0 Å². The first-order chi connectivity index (χ1) is 15.3. The van der Waals surface area contributed by atoms with E-state index >= 15 is 0 Å². The molecule has 0 bridgehead atoms. The number of carbonyl (C=O) groups excluding carboxylic acids is 1. The first kappa shape index (κ1) is 25.4. The Balaban J connectivity index is 2.02. The molecule has 0 aliphatic heterocycles. The number of nitriles is 1. The molecule has 0 aromatic heterocycles. The van der Waals surface area contributed by atoms with Crippen LogP contribution in [0.15, 0.2) is 42.5 Å². The summed E-state index contributed by atoms with van der Waals surface area (Å²) in [5, 5.41) is 10.2. The van der Waals surface area contributed by atoms with Gasteiger partial charge in [0.05, 0.1) is 31.3 Å². The summed E-state index contributed by atoms with van der Waals surface area (Å²) in [6, 6.07) is 16.3. The van der Waals surface area contributed by atoms with Crippen molar-refractivity contribution in [2.75, 3.05) is 34.4 Å². The first-order valence-electron chi connectivity index (χ1n) is 11.2. The second-order valence-electron chi connectivity index (χ2n) is 8.77. The zero-order valence-electron chi connectivity index (χ0n) is 20.3. The maximum absolute atomic E-state index is 12.0. The van der Waals surface area contributed by atoms with Crippen molar-refractivity contribution < 1.29 is 14.3 Å². The van der Waals surface area contributed by atoms with Gasteiger partial charge >= 0.3 is 5.97 Å². The molecule has 0 fully saturated rings. The molecule has 5 nitrogen and oxygen atoms in total. The van der Waals surface area contributed by atoms with E-state index in [-0.39, 0.29) is 11.9 Å². The fourth-order valence-corrected chi connectivity index (χ4v) is 4.14. The molecular weight excluding hydrogens is 400 g/mol. The summed E-state index contributed by atoms with van der Waals surface area (Å²) in [6.07, 6.45) is 2.57. The van der Waals surface area contributed by atoms with Gasteiger partial charge in [0.1, 0.15) is 5.75 Å². The molecule has 0 aliphatic rings. The molecule has 0 spiro atoms. The Labute approximate surface area is 193 Å². The topological polar surface area (TPSA) is 62.6 Å². The van der Waals surface area contributed by atoms with E-state index in [4.69, 9.17) is 9.47 Å². The molecule has 172 valence electrons. The van der Waals surface area contributed by atoms with Crippen LogP contribution in [-0.4, -0.2) is 45.2 Å². The molecule has 32 heavy (non-hydrogen) atoms. The van der Waals surface area contributed by atoms with Crippen LogP contribution in [0.4, 0.5) is 0 Å². The summed E-state index contributed by atoms with van der Waals surface area (Å²) in [7, 11) is 5.19. The Bertz CT molecular complexity index is 948. The molecule has 5 heteroatoms. The lowest BCUT2D eigenvalue weighted by molar-refractivity contribution is 0.0600. The van der Waals surface area contributed by atoms with Gasteiger partial charge in [-0.2, -0.15) is 5.26 Å². The van der Waals surface area contributed by atoms with Crippen LogP contribution in [0.5, 0.6) is 5.75 Å². The number of ether oxygens (including phenoxy) is 2. The van der Waals surface area contributed by atoms with Gasteiger partial charge in [0.2, 0.25) is 0 Å². The molecule has 2 aromatic carbocycles. The molecule has 1 unspecified atom stereocenters. The van der Waals surface area contributed by atoms with Crippen molar-refractivity contribution in [1.29, 1.82) is 5.26 Å². The molecule has 0 saturated heterocycles. The highest BCUT2D eigenvalue weighted by Gasteiger charge is 2.36. The highest BCUT2D eigenvalue weighted by atomic mass is 16.5. The lowest BCUT2D eigenvalue weighted by atomic mass is 9.69. The van der Waals surface area contributed by atoms with Crippen molar-refractivity contribution in [2.45, 2.75) is 45.4 Å². The van der Waals surface area contributed by atoms with Crippen LogP contribution >= 0.6 is 0 Å². The Morgan fingerprint density at radius 1 is 1.16 bits per heavy atom. The number of likely N-dealkylation sites (N-methyl/N-ethyl adjacent to an activating group) is 1. The van der Waals surface area contributed by atoms with Gasteiger partial charge in [0.15, 0.2) is 0 Å². The zero-order valence-corrected chi connectivity index (χ0v) is 20.3. The van der Waals surface area contributed by atoms with Crippen LogP contribution in [-0.2, 0) is 16.6 Å². The fourth-order valence-electron chi connectivity index (χ4n) is 4.14. The molecule has 0 radical (unpaired) electrons. The van der Waals surface area contributed by atoms with Crippen LogP contribution in [0.2, 0.25) is 0 Å². The van der Waals surface area contributed by atoms with E-state index in [9.17, 15) is 10.1 Å². The third-order valence-corrected chi connectivity index (χ3v) is 6.35. The van der Waals surface area contributed by atoms with Gasteiger partial charge in [-0.3, -0.25) is 0 Å². The van der Waals surface area contributed by atoms with Gasteiger partial charge < -0.3 is 14.4 Å². The zero-order chi connectivity index (χ0) is 23.7. The lowest BCUT2D eigenvalue weighted by Gasteiger charge is -2.32. The second kappa shape index (κ2) is 11.7. The molecule has 0 amide bonds. The van der Waals surface area contributed by atoms with Crippen LogP contribution < -0.4 is 4.74 Å². The fraction of sp³-hybridized carbons (Fsp3) is 0.481. The predicted octanol–water partition coefficient (Wildman–Crippen LogP) is 5.16. The van der Waals surface area contributed by atoms with Gasteiger partial charge in [-0.25, -0.2) is 4.79 Å². The van der Waals surface area contributed by atoms with Crippen LogP contribution in [0.1, 0.15) is 53.7 Å². The minimum absolute atomic E-state index is 0.116. The third-order valence-electron chi connectivity index (χ3n) is 6.35. The number of hydrogen-bond acceptors (Lipinski definition) is 5. The van der Waals surface area contributed by atoms with Crippen molar-refractivity contribution in [1.82, 2.24) is 4.90 Å². The normalized spacial score (nSPS) is 13.0. The second-order valence-corrected chi connectivity index (χ2v) is 8.77. The van der Waals surface area contributed by atoms with Gasteiger partial charge in [-0.05, 0) is 80.6 Å². The number of nitrogens with zero attached hydrogens (tertiary/aromatic N) is 2. The quantitative estimate of drug-likeness (QED) is 0.455. The highest BCUT2D eigenvalue weighted by molar-refractivity contribution is 5.89. The number of methoxy groups -OCH3 is 2. The van der Waals surface area contributed by atoms with Crippen molar-refractivity contribution in [2.24, 2.45) is 5.92 Å². The number of carbonyl (C=O) groups is 1. The van der Waals surface area contributed by atoms with E-state index in [0.29, 0.717) is 5.56 Å². The maximum atomic E-state index is 12.0. The SMILES string of the molecule is COC(=O)c1cccc(C(C#N)(CCCN(C)CCc2ccc(C)c(OC)c2)C(C)C)c1. The Hall–Kier alpha value is -2.84. The van der Waals surface area contributed by atoms with E-state index < -0.39 is 5.41 Å². The van der Waals surface area contributed by atoms with E-state index in [2.05, 4.69) is 50.1 Å². The van der Waals surface area contributed by atoms with Crippen molar-refractivity contribution >= 4 is 5.97 Å². The van der Waals surface area contributed by atoms with Gasteiger partial charge in [-0.1, -0.05) is 38.1 Å². The molecule has 1 atom stereocenters. The standard InChI is InChI=1S/C27H36N2O3/c1-20(2)27(19-28,24-10-7-9-23(18-24)26(30)32-6)14-8-15-29(4)16-13-22-12-11-21(3)25(17-22)31-5/h7,9-12,17-18,20H,8,13-16H2,1-6H3. The minimum atomic E-state index is -0.644. The number of esters is 1. The van der Waals surface area contributed by atoms with Crippen LogP contribution in [0.25, 0.3) is 0 Å². The van der Waals surface area contributed by atoms with E-state index in [0.717, 1.165) is 49.2 Å². The van der Waals surface area contributed by atoms with Crippen molar-refractivity contribution in [3.8, 4) is 11.8 Å². The maximum Gasteiger partial charge on any atom is 0.337 e. The van der Waals surface area contributed by atoms with E-state index in [1.165, 1.54) is 12.7 Å². The molecule has 2 rings (SSSR count). The van der Waals surface area contributed by atoms with Crippen LogP contribution in [0.3, 0.4) is 0 Å². The van der Waals surface area contributed by atoms with Crippen molar-refractivity contribution in [3.05, 3.63) is 64.7 Å². The predicted molar refractivity (Wildman–Crippen MR) is 128 cm³/mol. The smallest absolute Gasteiger partial charge is 0.337 e. The molecule has 0 N–H and O–H groups in total. The lowest BCUT2D eigenvalue weighted by Crippen LogP contribution is -2.33. The molecular formula is C27H36N2O3. The molecule has 0 saturated carbocycles. The summed E-state index contributed by atoms with van der Waals surface area (Å²) in [4.78, 5) is 14.3.